The Bertz CT molecular complexity index is 402. The molecule has 0 spiro atoms. The maximum absolute atomic E-state index is 11.8. The highest BCUT2D eigenvalue weighted by molar-refractivity contribution is 6.00. The second-order valence-corrected chi connectivity index (χ2v) is 3.63. The molecule has 1 amide bonds. The van der Waals surface area contributed by atoms with Crippen LogP contribution in [0.5, 0.6) is 5.75 Å². The quantitative estimate of drug-likeness (QED) is 0.726. The molecule has 0 unspecified atom stereocenters. The SMILES string of the molecule is COc1cccc(C(=O)NC2COC2)c1N. The smallest absolute Gasteiger partial charge is 0.253 e. The second kappa shape index (κ2) is 4.40. The van der Waals surface area contributed by atoms with Gasteiger partial charge in [-0.3, -0.25) is 4.79 Å². The van der Waals surface area contributed by atoms with Gasteiger partial charge in [0, 0.05) is 0 Å². The molecular formula is C11H14N2O3. The van der Waals surface area contributed by atoms with Crippen LogP contribution in [0.3, 0.4) is 0 Å². The number of methoxy groups -OCH3 is 1. The fraction of sp³-hybridized carbons (Fsp3) is 0.364. The van der Waals surface area contributed by atoms with E-state index in [1.807, 2.05) is 0 Å². The highest BCUT2D eigenvalue weighted by Gasteiger charge is 2.22. The molecular weight excluding hydrogens is 208 g/mol. The summed E-state index contributed by atoms with van der Waals surface area (Å²) in [5.41, 5.74) is 6.61. The van der Waals surface area contributed by atoms with E-state index in [2.05, 4.69) is 5.32 Å². The second-order valence-electron chi connectivity index (χ2n) is 3.63. The average Bonchev–Trinajstić information content (AvgIpc) is 2.23. The van der Waals surface area contributed by atoms with Gasteiger partial charge >= 0.3 is 0 Å². The summed E-state index contributed by atoms with van der Waals surface area (Å²) in [7, 11) is 1.52. The summed E-state index contributed by atoms with van der Waals surface area (Å²) in [6, 6.07) is 5.23. The van der Waals surface area contributed by atoms with Gasteiger partial charge in [0.25, 0.3) is 5.91 Å². The Morgan fingerprint density at radius 1 is 1.56 bits per heavy atom. The number of benzene rings is 1. The van der Waals surface area contributed by atoms with Crippen molar-refractivity contribution in [2.45, 2.75) is 6.04 Å². The minimum absolute atomic E-state index is 0.0955. The summed E-state index contributed by atoms with van der Waals surface area (Å²) < 4.78 is 10.0. The first-order valence-electron chi connectivity index (χ1n) is 5.03. The van der Waals surface area contributed by atoms with E-state index in [0.717, 1.165) is 0 Å². The van der Waals surface area contributed by atoms with Gasteiger partial charge < -0.3 is 20.5 Å². The zero-order valence-corrected chi connectivity index (χ0v) is 9.03. The fourth-order valence-electron chi connectivity index (χ4n) is 1.50. The third-order valence-electron chi connectivity index (χ3n) is 2.50. The molecule has 5 nitrogen and oxygen atoms in total. The number of nitrogens with one attached hydrogen (secondary N) is 1. The van der Waals surface area contributed by atoms with Crippen LogP contribution in [0, 0.1) is 0 Å². The van der Waals surface area contributed by atoms with Gasteiger partial charge in [0.1, 0.15) is 5.75 Å². The summed E-state index contributed by atoms with van der Waals surface area (Å²) in [6.07, 6.45) is 0. The molecule has 1 aromatic carbocycles. The molecule has 1 aliphatic rings. The highest BCUT2D eigenvalue weighted by Crippen LogP contribution is 2.24. The lowest BCUT2D eigenvalue weighted by Gasteiger charge is -2.27. The van der Waals surface area contributed by atoms with Gasteiger partial charge in [-0.25, -0.2) is 0 Å². The van der Waals surface area contributed by atoms with Gasteiger partial charge in [-0.15, -0.1) is 0 Å². The number of carbonyl (C=O) groups excluding carboxylic acids is 1. The van der Waals surface area contributed by atoms with Gasteiger partial charge in [0.05, 0.1) is 37.6 Å². The Hall–Kier alpha value is -1.75. The topological polar surface area (TPSA) is 73.6 Å². The van der Waals surface area contributed by atoms with E-state index in [-0.39, 0.29) is 11.9 Å². The molecule has 0 bridgehead atoms. The van der Waals surface area contributed by atoms with E-state index in [4.69, 9.17) is 15.2 Å². The number of rotatable bonds is 3. The predicted molar refractivity (Wildman–Crippen MR) is 59.5 cm³/mol. The molecule has 1 fully saturated rings. The van der Waals surface area contributed by atoms with Crippen LogP contribution >= 0.6 is 0 Å². The predicted octanol–water partition coefficient (Wildman–Crippen LogP) is 0.406. The van der Waals surface area contributed by atoms with Crippen molar-refractivity contribution in [3.8, 4) is 5.75 Å². The van der Waals surface area contributed by atoms with Crippen molar-refractivity contribution >= 4 is 11.6 Å². The largest absolute Gasteiger partial charge is 0.495 e. The first-order chi connectivity index (χ1) is 7.72. The minimum Gasteiger partial charge on any atom is -0.495 e. The summed E-state index contributed by atoms with van der Waals surface area (Å²) in [4.78, 5) is 11.8. The molecule has 1 heterocycles. The standard InChI is InChI=1S/C11H14N2O3/c1-15-9-4-2-3-8(10(9)12)11(14)13-7-5-16-6-7/h2-4,7H,5-6,12H2,1H3,(H,13,14). The number of anilines is 1. The number of hydrogen-bond acceptors (Lipinski definition) is 4. The number of nitrogens with two attached hydrogens (primary N) is 1. The monoisotopic (exact) mass is 222 g/mol. The summed E-state index contributed by atoms with van der Waals surface area (Å²) in [6.45, 7) is 1.13. The first-order valence-corrected chi connectivity index (χ1v) is 5.03. The van der Waals surface area contributed by atoms with Crippen LogP contribution in [0.2, 0.25) is 0 Å². The van der Waals surface area contributed by atoms with Crippen LogP contribution in [0.4, 0.5) is 5.69 Å². The number of ether oxygens (including phenoxy) is 2. The molecule has 0 saturated carbocycles. The third-order valence-corrected chi connectivity index (χ3v) is 2.50. The number of nitrogen functional groups attached to an aromatic ring is 1. The van der Waals surface area contributed by atoms with Crippen molar-refractivity contribution in [1.82, 2.24) is 5.32 Å². The van der Waals surface area contributed by atoms with E-state index in [0.29, 0.717) is 30.2 Å². The Kier molecular flexibility index (Phi) is 2.96. The molecule has 2 rings (SSSR count). The Balaban J connectivity index is 2.15. The lowest BCUT2D eigenvalue weighted by molar-refractivity contribution is -0.00345. The van der Waals surface area contributed by atoms with Crippen molar-refractivity contribution in [3.05, 3.63) is 23.8 Å². The molecule has 0 aromatic heterocycles. The molecule has 5 heteroatoms. The molecule has 1 saturated heterocycles. The summed E-state index contributed by atoms with van der Waals surface area (Å²) >= 11 is 0. The maximum Gasteiger partial charge on any atom is 0.253 e. The van der Waals surface area contributed by atoms with Gasteiger partial charge in [0.2, 0.25) is 0 Å². The fourth-order valence-corrected chi connectivity index (χ4v) is 1.50. The zero-order valence-electron chi connectivity index (χ0n) is 9.03. The van der Waals surface area contributed by atoms with Gasteiger partial charge in [-0.05, 0) is 12.1 Å². The van der Waals surface area contributed by atoms with Crippen molar-refractivity contribution < 1.29 is 14.3 Å². The van der Waals surface area contributed by atoms with Crippen LogP contribution < -0.4 is 15.8 Å². The summed E-state index contributed by atoms with van der Waals surface area (Å²) in [5, 5.41) is 2.83. The van der Waals surface area contributed by atoms with Crippen LogP contribution in [0.1, 0.15) is 10.4 Å². The van der Waals surface area contributed by atoms with Crippen molar-refractivity contribution in [3.63, 3.8) is 0 Å². The van der Waals surface area contributed by atoms with Crippen molar-refractivity contribution in [2.24, 2.45) is 0 Å². The molecule has 16 heavy (non-hydrogen) atoms. The normalized spacial score (nSPS) is 15.3. The number of carbonyl (C=O) groups is 1. The van der Waals surface area contributed by atoms with Crippen LogP contribution in [0.15, 0.2) is 18.2 Å². The molecule has 1 aliphatic heterocycles. The van der Waals surface area contributed by atoms with Gasteiger partial charge in [0.15, 0.2) is 0 Å². The third kappa shape index (κ3) is 1.94. The molecule has 0 atom stereocenters. The van der Waals surface area contributed by atoms with Crippen molar-refractivity contribution in [2.75, 3.05) is 26.1 Å². The lowest BCUT2D eigenvalue weighted by Crippen LogP contribution is -2.48. The lowest BCUT2D eigenvalue weighted by atomic mass is 10.1. The molecule has 0 aliphatic carbocycles. The van der Waals surface area contributed by atoms with E-state index in [1.165, 1.54) is 7.11 Å². The molecule has 86 valence electrons. The molecule has 0 radical (unpaired) electrons. The average molecular weight is 222 g/mol. The molecule has 3 N–H and O–H groups in total. The number of hydrogen-bond donors (Lipinski definition) is 2. The highest BCUT2D eigenvalue weighted by atomic mass is 16.5. The maximum atomic E-state index is 11.8. The van der Waals surface area contributed by atoms with Crippen LogP contribution in [-0.4, -0.2) is 32.3 Å². The van der Waals surface area contributed by atoms with E-state index in [1.54, 1.807) is 18.2 Å². The van der Waals surface area contributed by atoms with Crippen molar-refractivity contribution in [1.29, 1.82) is 0 Å². The Morgan fingerprint density at radius 2 is 2.31 bits per heavy atom. The van der Waals surface area contributed by atoms with Crippen LogP contribution in [0.25, 0.3) is 0 Å². The first kappa shape index (κ1) is 10.8. The van der Waals surface area contributed by atoms with Gasteiger partial charge in [-0.1, -0.05) is 6.07 Å². The zero-order chi connectivity index (χ0) is 11.5. The Morgan fingerprint density at radius 3 is 2.88 bits per heavy atom. The molecule has 1 aromatic rings. The van der Waals surface area contributed by atoms with E-state index >= 15 is 0 Å². The number of amides is 1. The Labute approximate surface area is 93.5 Å². The van der Waals surface area contributed by atoms with Gasteiger partial charge in [-0.2, -0.15) is 0 Å². The number of para-hydroxylation sites is 1. The minimum atomic E-state index is -0.190. The van der Waals surface area contributed by atoms with Crippen LogP contribution in [-0.2, 0) is 4.74 Å². The van der Waals surface area contributed by atoms with E-state index in [9.17, 15) is 4.79 Å². The summed E-state index contributed by atoms with van der Waals surface area (Å²) in [5.74, 6) is 0.321. The van der Waals surface area contributed by atoms with E-state index < -0.39 is 0 Å².